The Bertz CT molecular complexity index is 238. The quantitative estimate of drug-likeness (QED) is 0.401. The summed E-state index contributed by atoms with van der Waals surface area (Å²) < 4.78 is 0. The summed E-state index contributed by atoms with van der Waals surface area (Å²) in [4.78, 5) is 1.09. The Morgan fingerprint density at radius 2 is 2.50 bits per heavy atom. The normalized spacial score (nSPS) is 15.0. The van der Waals surface area contributed by atoms with Crippen molar-refractivity contribution >= 4 is 21.6 Å². The zero-order valence-electron chi connectivity index (χ0n) is 5.33. The molecule has 0 bridgehead atoms. The van der Waals surface area contributed by atoms with Crippen LogP contribution in [0.15, 0.2) is 35.1 Å². The van der Waals surface area contributed by atoms with Crippen LogP contribution in [0.4, 0.5) is 0 Å². The fourth-order valence-electron chi connectivity index (χ4n) is 0.451. The van der Waals surface area contributed by atoms with Gasteiger partial charge in [-0.05, 0) is 28.4 Å². The first-order valence-corrected chi connectivity index (χ1v) is 4.97. The van der Waals surface area contributed by atoms with Crippen LogP contribution in [0.3, 0.4) is 0 Å². The molecule has 0 unspecified atom stereocenters. The standard InChI is InChI=1S/C8H6S2/c1-2-3-5-8-6-4-7-9-10-8/h2,4,6-7H,1H2. The van der Waals surface area contributed by atoms with E-state index in [2.05, 4.69) is 18.4 Å². The smallest absolute Gasteiger partial charge is 0.0688 e. The first kappa shape index (κ1) is 7.59. The zero-order chi connectivity index (χ0) is 7.23. The van der Waals surface area contributed by atoms with Gasteiger partial charge in [0.05, 0.1) is 4.91 Å². The average Bonchev–Trinajstić information content (AvgIpc) is 2.03. The van der Waals surface area contributed by atoms with E-state index >= 15 is 0 Å². The van der Waals surface area contributed by atoms with Crippen LogP contribution in [0.25, 0.3) is 0 Å². The molecule has 1 heterocycles. The van der Waals surface area contributed by atoms with Crippen molar-refractivity contribution in [1.29, 1.82) is 0 Å². The molecule has 1 aliphatic rings. The second-order valence-corrected chi connectivity index (χ2v) is 3.66. The maximum absolute atomic E-state index is 3.51. The number of hydrogen-bond donors (Lipinski definition) is 0. The Hall–Kier alpha value is -0.520. The molecule has 1 rings (SSSR count). The Labute approximate surface area is 68.9 Å². The van der Waals surface area contributed by atoms with E-state index in [1.165, 1.54) is 0 Å². The van der Waals surface area contributed by atoms with E-state index in [4.69, 9.17) is 0 Å². The van der Waals surface area contributed by atoms with Crippen LogP contribution >= 0.6 is 21.6 Å². The average molecular weight is 166 g/mol. The SMILES string of the molecule is C=CC#CC1=CC=CSS1. The number of rotatable bonds is 0. The van der Waals surface area contributed by atoms with Crippen molar-refractivity contribution in [3.05, 3.63) is 35.1 Å². The van der Waals surface area contributed by atoms with Crippen molar-refractivity contribution < 1.29 is 0 Å². The summed E-state index contributed by atoms with van der Waals surface area (Å²) in [5, 5.41) is 2.03. The second-order valence-electron chi connectivity index (χ2n) is 1.51. The van der Waals surface area contributed by atoms with Gasteiger partial charge in [-0.15, -0.1) is 0 Å². The van der Waals surface area contributed by atoms with E-state index in [1.54, 1.807) is 27.7 Å². The van der Waals surface area contributed by atoms with E-state index in [0.29, 0.717) is 0 Å². The van der Waals surface area contributed by atoms with Crippen LogP contribution in [-0.4, -0.2) is 0 Å². The van der Waals surface area contributed by atoms with Gasteiger partial charge in [0.1, 0.15) is 0 Å². The Kier molecular flexibility index (Phi) is 3.28. The topological polar surface area (TPSA) is 0 Å². The molecule has 50 valence electrons. The van der Waals surface area contributed by atoms with Crippen molar-refractivity contribution in [2.75, 3.05) is 0 Å². The largest absolute Gasteiger partial charge is 0.0906 e. The van der Waals surface area contributed by atoms with Crippen molar-refractivity contribution in [3.63, 3.8) is 0 Å². The van der Waals surface area contributed by atoms with Crippen molar-refractivity contribution in [2.24, 2.45) is 0 Å². The van der Waals surface area contributed by atoms with Crippen LogP contribution in [0.1, 0.15) is 0 Å². The molecule has 10 heavy (non-hydrogen) atoms. The van der Waals surface area contributed by atoms with Crippen LogP contribution < -0.4 is 0 Å². The molecule has 0 aromatic heterocycles. The van der Waals surface area contributed by atoms with E-state index < -0.39 is 0 Å². The molecule has 0 nitrogen and oxygen atoms in total. The first-order valence-electron chi connectivity index (χ1n) is 2.76. The highest BCUT2D eigenvalue weighted by Crippen LogP contribution is 2.33. The minimum absolute atomic E-state index is 1.09. The van der Waals surface area contributed by atoms with Crippen LogP contribution in [-0.2, 0) is 0 Å². The van der Waals surface area contributed by atoms with Gasteiger partial charge in [-0.3, -0.25) is 0 Å². The maximum atomic E-state index is 3.51. The monoisotopic (exact) mass is 166 g/mol. The lowest BCUT2D eigenvalue weighted by atomic mass is 10.4. The van der Waals surface area contributed by atoms with Gasteiger partial charge in [0, 0.05) is 0 Å². The van der Waals surface area contributed by atoms with E-state index in [1.807, 2.05) is 17.6 Å². The third-order valence-corrected chi connectivity index (χ3v) is 2.76. The third-order valence-electron chi connectivity index (χ3n) is 0.817. The molecule has 0 aliphatic carbocycles. The molecule has 0 spiro atoms. The minimum atomic E-state index is 1.09. The van der Waals surface area contributed by atoms with Gasteiger partial charge in [-0.1, -0.05) is 35.3 Å². The molecule has 1 aliphatic heterocycles. The summed E-state index contributed by atoms with van der Waals surface area (Å²) in [6, 6.07) is 0. The molecule has 0 amide bonds. The highest BCUT2D eigenvalue weighted by Gasteiger charge is 1.94. The Morgan fingerprint density at radius 1 is 1.60 bits per heavy atom. The van der Waals surface area contributed by atoms with Crippen LogP contribution in [0.5, 0.6) is 0 Å². The van der Waals surface area contributed by atoms with E-state index in [9.17, 15) is 0 Å². The highest BCUT2D eigenvalue weighted by atomic mass is 33.1. The van der Waals surface area contributed by atoms with E-state index in [0.717, 1.165) is 4.91 Å². The van der Waals surface area contributed by atoms with Crippen molar-refractivity contribution in [2.45, 2.75) is 0 Å². The number of hydrogen-bond acceptors (Lipinski definition) is 2. The van der Waals surface area contributed by atoms with Gasteiger partial charge in [-0.25, -0.2) is 0 Å². The molecule has 0 N–H and O–H groups in total. The maximum Gasteiger partial charge on any atom is 0.0688 e. The van der Waals surface area contributed by atoms with Gasteiger partial charge >= 0.3 is 0 Å². The Morgan fingerprint density at radius 3 is 3.10 bits per heavy atom. The molecular formula is C8H6S2. The lowest BCUT2D eigenvalue weighted by Gasteiger charge is -1.97. The molecule has 2 heteroatoms. The molecule has 0 aromatic carbocycles. The second kappa shape index (κ2) is 4.32. The van der Waals surface area contributed by atoms with Gasteiger partial charge in [-0.2, -0.15) is 0 Å². The molecule has 0 saturated heterocycles. The van der Waals surface area contributed by atoms with Gasteiger partial charge in [0.2, 0.25) is 0 Å². The molecule has 0 saturated carbocycles. The lowest BCUT2D eigenvalue weighted by molar-refractivity contribution is 1.97. The zero-order valence-corrected chi connectivity index (χ0v) is 6.97. The summed E-state index contributed by atoms with van der Waals surface area (Å²) in [7, 11) is 3.36. The third kappa shape index (κ3) is 2.38. The van der Waals surface area contributed by atoms with Crippen LogP contribution in [0, 0.1) is 11.8 Å². The summed E-state index contributed by atoms with van der Waals surface area (Å²) in [6.07, 6.45) is 5.59. The summed E-state index contributed by atoms with van der Waals surface area (Å²) >= 11 is 0. The van der Waals surface area contributed by atoms with Gasteiger partial charge < -0.3 is 0 Å². The molecule has 0 fully saturated rings. The summed E-state index contributed by atoms with van der Waals surface area (Å²) in [5.74, 6) is 5.75. The Balaban J connectivity index is 2.63. The van der Waals surface area contributed by atoms with Gasteiger partial charge in [0.25, 0.3) is 0 Å². The van der Waals surface area contributed by atoms with Crippen molar-refractivity contribution in [1.82, 2.24) is 0 Å². The predicted molar refractivity (Wildman–Crippen MR) is 50.4 cm³/mol. The molecule has 0 radical (unpaired) electrons. The summed E-state index contributed by atoms with van der Waals surface area (Å²) in [6.45, 7) is 3.51. The molecular weight excluding hydrogens is 160 g/mol. The fourth-order valence-corrected chi connectivity index (χ4v) is 1.95. The van der Waals surface area contributed by atoms with E-state index in [-0.39, 0.29) is 0 Å². The van der Waals surface area contributed by atoms with Crippen LogP contribution in [0.2, 0.25) is 0 Å². The molecule has 0 aromatic rings. The first-order chi connectivity index (χ1) is 4.93. The lowest BCUT2D eigenvalue weighted by Crippen LogP contribution is -1.69. The predicted octanol–water partition coefficient (Wildman–Crippen LogP) is 2.97. The van der Waals surface area contributed by atoms with Gasteiger partial charge in [0.15, 0.2) is 0 Å². The number of allylic oxidation sites excluding steroid dienone is 4. The fraction of sp³-hybridized carbons (Fsp3) is 0. The summed E-state index contributed by atoms with van der Waals surface area (Å²) in [5.41, 5.74) is 0. The minimum Gasteiger partial charge on any atom is -0.0906 e. The highest BCUT2D eigenvalue weighted by molar-refractivity contribution is 8.79. The molecule has 0 atom stereocenters. The van der Waals surface area contributed by atoms with Crippen molar-refractivity contribution in [3.8, 4) is 11.8 Å².